The van der Waals surface area contributed by atoms with Crippen molar-refractivity contribution >= 4 is 11.3 Å². The Labute approximate surface area is 122 Å². The Balaban J connectivity index is 1.64. The second-order valence-corrected chi connectivity index (χ2v) is 7.56. The molecule has 0 atom stereocenters. The van der Waals surface area contributed by atoms with Crippen molar-refractivity contribution in [3.63, 3.8) is 0 Å². The van der Waals surface area contributed by atoms with Crippen molar-refractivity contribution in [3.05, 3.63) is 21.9 Å². The summed E-state index contributed by atoms with van der Waals surface area (Å²) < 4.78 is 0. The molecule has 0 saturated carbocycles. The van der Waals surface area contributed by atoms with Crippen LogP contribution in [-0.2, 0) is 6.54 Å². The predicted octanol–water partition coefficient (Wildman–Crippen LogP) is 3.66. The Morgan fingerprint density at radius 3 is 2.89 bits per heavy atom. The topological polar surface area (TPSA) is 15.3 Å². The number of aryl methyl sites for hydroxylation is 1. The minimum atomic E-state index is 0.552. The van der Waals surface area contributed by atoms with Gasteiger partial charge in [0, 0.05) is 24.5 Å². The summed E-state index contributed by atoms with van der Waals surface area (Å²) in [5, 5.41) is 5.77. The molecule has 3 heteroatoms. The average molecular weight is 280 g/mol. The summed E-state index contributed by atoms with van der Waals surface area (Å²) in [6.07, 6.45) is 4.08. The predicted molar refractivity (Wildman–Crippen MR) is 84.8 cm³/mol. The first-order valence-electron chi connectivity index (χ1n) is 7.53. The molecular formula is C16H28N2S. The molecule has 19 heavy (non-hydrogen) atoms. The van der Waals surface area contributed by atoms with Gasteiger partial charge in [0.25, 0.3) is 0 Å². The molecule has 1 aromatic heterocycles. The highest BCUT2D eigenvalue weighted by atomic mass is 32.1. The molecule has 1 aliphatic rings. The number of thiophene rings is 1. The van der Waals surface area contributed by atoms with Crippen LogP contribution in [0, 0.1) is 12.3 Å². The van der Waals surface area contributed by atoms with Crippen molar-refractivity contribution in [2.45, 2.75) is 46.6 Å². The Hall–Kier alpha value is -0.380. The van der Waals surface area contributed by atoms with E-state index in [1.54, 1.807) is 0 Å². The molecule has 0 radical (unpaired) electrons. The van der Waals surface area contributed by atoms with Gasteiger partial charge in [-0.05, 0) is 61.7 Å². The monoisotopic (exact) mass is 280 g/mol. The normalized spacial score (nSPS) is 20.4. The summed E-state index contributed by atoms with van der Waals surface area (Å²) in [5.74, 6) is 0. The standard InChI is InChI=1S/C16H28N2S/c1-14-5-12-19-15(14)13-17-8-11-18-9-4-6-16(2,3)7-10-18/h5,12,17H,4,6-11,13H2,1-3H3. The summed E-state index contributed by atoms with van der Waals surface area (Å²) >= 11 is 1.86. The molecule has 2 rings (SSSR count). The summed E-state index contributed by atoms with van der Waals surface area (Å²) in [4.78, 5) is 4.11. The second kappa shape index (κ2) is 6.87. The largest absolute Gasteiger partial charge is 0.311 e. The Kier molecular flexibility index (Phi) is 5.43. The number of nitrogens with one attached hydrogen (secondary N) is 1. The van der Waals surface area contributed by atoms with Gasteiger partial charge in [-0.25, -0.2) is 0 Å². The molecule has 0 unspecified atom stereocenters. The SMILES string of the molecule is Cc1ccsc1CNCCN1CCCC(C)(C)CC1. The minimum absolute atomic E-state index is 0.552. The van der Waals surface area contributed by atoms with Crippen molar-refractivity contribution in [2.24, 2.45) is 5.41 Å². The number of hydrogen-bond acceptors (Lipinski definition) is 3. The Morgan fingerprint density at radius 2 is 2.16 bits per heavy atom. The lowest BCUT2D eigenvalue weighted by molar-refractivity contribution is 0.262. The quantitative estimate of drug-likeness (QED) is 0.828. The molecule has 1 aromatic rings. The van der Waals surface area contributed by atoms with E-state index < -0.39 is 0 Å². The van der Waals surface area contributed by atoms with Crippen molar-refractivity contribution in [1.82, 2.24) is 10.2 Å². The summed E-state index contributed by atoms with van der Waals surface area (Å²) in [6, 6.07) is 2.21. The summed E-state index contributed by atoms with van der Waals surface area (Å²) in [6.45, 7) is 12.9. The molecule has 1 N–H and O–H groups in total. The van der Waals surface area contributed by atoms with Crippen LogP contribution in [0.25, 0.3) is 0 Å². The van der Waals surface area contributed by atoms with E-state index in [-0.39, 0.29) is 0 Å². The van der Waals surface area contributed by atoms with Crippen LogP contribution in [0.1, 0.15) is 43.6 Å². The van der Waals surface area contributed by atoms with Gasteiger partial charge in [-0.3, -0.25) is 0 Å². The smallest absolute Gasteiger partial charge is 0.0302 e. The lowest BCUT2D eigenvalue weighted by atomic mass is 9.85. The molecule has 1 saturated heterocycles. The first-order valence-corrected chi connectivity index (χ1v) is 8.41. The van der Waals surface area contributed by atoms with Crippen LogP contribution in [0.5, 0.6) is 0 Å². The van der Waals surface area contributed by atoms with Gasteiger partial charge in [0.2, 0.25) is 0 Å². The molecule has 2 nitrogen and oxygen atoms in total. The van der Waals surface area contributed by atoms with Crippen molar-refractivity contribution in [1.29, 1.82) is 0 Å². The van der Waals surface area contributed by atoms with Gasteiger partial charge < -0.3 is 10.2 Å². The molecule has 2 heterocycles. The van der Waals surface area contributed by atoms with Crippen molar-refractivity contribution in [3.8, 4) is 0 Å². The summed E-state index contributed by atoms with van der Waals surface area (Å²) in [5.41, 5.74) is 1.98. The molecule has 0 aliphatic carbocycles. The molecule has 108 valence electrons. The zero-order valence-corrected chi connectivity index (χ0v) is 13.5. The Morgan fingerprint density at radius 1 is 1.32 bits per heavy atom. The zero-order valence-electron chi connectivity index (χ0n) is 12.7. The highest BCUT2D eigenvalue weighted by Gasteiger charge is 2.22. The van der Waals surface area contributed by atoms with Crippen LogP contribution in [0.2, 0.25) is 0 Å². The van der Waals surface area contributed by atoms with Gasteiger partial charge in [0.05, 0.1) is 0 Å². The summed E-state index contributed by atoms with van der Waals surface area (Å²) in [7, 11) is 0. The van der Waals surface area contributed by atoms with Crippen molar-refractivity contribution < 1.29 is 0 Å². The molecule has 1 fully saturated rings. The molecule has 1 aliphatic heterocycles. The van der Waals surface area contributed by atoms with Gasteiger partial charge >= 0.3 is 0 Å². The number of rotatable bonds is 5. The first kappa shape index (κ1) is 15.0. The molecule has 0 aromatic carbocycles. The van der Waals surface area contributed by atoms with Crippen LogP contribution in [-0.4, -0.2) is 31.1 Å². The average Bonchev–Trinajstić information content (AvgIpc) is 2.67. The van der Waals surface area contributed by atoms with E-state index in [0.717, 1.165) is 13.1 Å². The highest BCUT2D eigenvalue weighted by Crippen LogP contribution is 2.29. The fourth-order valence-electron chi connectivity index (χ4n) is 2.73. The number of nitrogens with zero attached hydrogens (tertiary/aromatic N) is 1. The third-order valence-corrected chi connectivity index (χ3v) is 5.31. The van der Waals surface area contributed by atoms with Crippen LogP contribution in [0.3, 0.4) is 0 Å². The molecule has 0 spiro atoms. The molecular weight excluding hydrogens is 252 g/mol. The van der Waals surface area contributed by atoms with E-state index in [0.29, 0.717) is 5.41 Å². The number of likely N-dealkylation sites (tertiary alicyclic amines) is 1. The highest BCUT2D eigenvalue weighted by molar-refractivity contribution is 7.10. The van der Waals surface area contributed by atoms with E-state index in [2.05, 4.69) is 42.4 Å². The maximum atomic E-state index is 3.59. The van der Waals surface area contributed by atoms with E-state index >= 15 is 0 Å². The van der Waals surface area contributed by atoms with E-state index in [1.165, 1.54) is 49.3 Å². The first-order chi connectivity index (χ1) is 9.07. The van der Waals surface area contributed by atoms with Crippen LogP contribution < -0.4 is 5.32 Å². The number of hydrogen-bond donors (Lipinski definition) is 1. The second-order valence-electron chi connectivity index (χ2n) is 6.56. The van der Waals surface area contributed by atoms with Crippen LogP contribution in [0.4, 0.5) is 0 Å². The van der Waals surface area contributed by atoms with Crippen LogP contribution >= 0.6 is 11.3 Å². The molecule has 0 bridgehead atoms. The van der Waals surface area contributed by atoms with Gasteiger partial charge in [-0.1, -0.05) is 13.8 Å². The minimum Gasteiger partial charge on any atom is -0.311 e. The third kappa shape index (κ3) is 4.90. The fraction of sp³-hybridized carbons (Fsp3) is 0.750. The zero-order chi connectivity index (χ0) is 13.7. The Bertz CT molecular complexity index is 384. The fourth-order valence-corrected chi connectivity index (χ4v) is 3.60. The van der Waals surface area contributed by atoms with Crippen molar-refractivity contribution in [2.75, 3.05) is 26.2 Å². The maximum Gasteiger partial charge on any atom is 0.0302 e. The van der Waals surface area contributed by atoms with Crippen LogP contribution in [0.15, 0.2) is 11.4 Å². The third-order valence-electron chi connectivity index (χ3n) is 4.29. The van der Waals surface area contributed by atoms with Gasteiger partial charge in [-0.15, -0.1) is 11.3 Å². The lowest BCUT2D eigenvalue weighted by Crippen LogP contribution is -2.33. The maximum absolute atomic E-state index is 3.59. The van der Waals surface area contributed by atoms with Gasteiger partial charge in [-0.2, -0.15) is 0 Å². The van der Waals surface area contributed by atoms with E-state index in [4.69, 9.17) is 0 Å². The van der Waals surface area contributed by atoms with E-state index in [9.17, 15) is 0 Å². The molecule has 0 amide bonds. The van der Waals surface area contributed by atoms with E-state index in [1.807, 2.05) is 11.3 Å². The lowest BCUT2D eigenvalue weighted by Gasteiger charge is -2.23. The van der Waals surface area contributed by atoms with Gasteiger partial charge in [0.15, 0.2) is 0 Å². The van der Waals surface area contributed by atoms with Gasteiger partial charge in [0.1, 0.15) is 0 Å².